The van der Waals surface area contributed by atoms with Gasteiger partial charge in [-0.1, -0.05) is 30.3 Å². The first-order chi connectivity index (χ1) is 15.6. The third kappa shape index (κ3) is 4.42. The summed E-state index contributed by atoms with van der Waals surface area (Å²) in [7, 11) is 1.45. The Morgan fingerprint density at radius 3 is 2.66 bits per heavy atom. The summed E-state index contributed by atoms with van der Waals surface area (Å²) in [5.41, 5.74) is 3.01. The first kappa shape index (κ1) is 21.4. The molecular formula is C23H24N6O3. The molecular weight excluding hydrogens is 408 g/mol. The molecule has 164 valence electrons. The van der Waals surface area contributed by atoms with Gasteiger partial charge in [0.15, 0.2) is 0 Å². The average Bonchev–Trinajstić information content (AvgIpc) is 3.26. The number of fused-ring (bicyclic) bond motifs is 1. The van der Waals surface area contributed by atoms with Crippen LogP contribution in [0.3, 0.4) is 0 Å². The SMILES string of the molecule is CN=C(C(=O)Nc1ccn2cc(-c3ccccc3)nc2c1)C(C=N)C(=O)N1CCOCC1. The Morgan fingerprint density at radius 1 is 1.22 bits per heavy atom. The number of rotatable bonds is 6. The molecule has 3 heterocycles. The molecule has 2 N–H and O–H groups in total. The zero-order valence-corrected chi connectivity index (χ0v) is 17.7. The minimum atomic E-state index is -1.04. The summed E-state index contributed by atoms with van der Waals surface area (Å²) in [5, 5.41) is 10.5. The number of ether oxygens (including phenoxy) is 1. The number of carbonyl (C=O) groups excluding carboxylic acids is 2. The van der Waals surface area contributed by atoms with Gasteiger partial charge in [-0.2, -0.15) is 0 Å². The van der Waals surface area contributed by atoms with Crippen molar-refractivity contribution in [2.75, 3.05) is 38.7 Å². The largest absolute Gasteiger partial charge is 0.378 e. The van der Waals surface area contributed by atoms with E-state index in [4.69, 9.17) is 10.1 Å². The molecule has 1 aromatic carbocycles. The quantitative estimate of drug-likeness (QED) is 0.581. The smallest absolute Gasteiger partial charge is 0.270 e. The highest BCUT2D eigenvalue weighted by Gasteiger charge is 2.31. The Balaban J connectivity index is 1.52. The van der Waals surface area contributed by atoms with Gasteiger partial charge in [0.1, 0.15) is 17.3 Å². The number of carbonyl (C=O) groups is 2. The van der Waals surface area contributed by atoms with E-state index in [0.717, 1.165) is 17.5 Å². The lowest BCUT2D eigenvalue weighted by molar-refractivity contribution is -0.136. The number of aromatic nitrogens is 2. The van der Waals surface area contributed by atoms with Crippen molar-refractivity contribution in [3.8, 4) is 11.3 Å². The number of imidazole rings is 1. The zero-order chi connectivity index (χ0) is 22.5. The van der Waals surface area contributed by atoms with E-state index in [0.29, 0.717) is 37.6 Å². The molecule has 1 unspecified atom stereocenters. The fourth-order valence-electron chi connectivity index (χ4n) is 3.63. The van der Waals surface area contributed by atoms with Crippen molar-refractivity contribution in [1.29, 1.82) is 5.41 Å². The van der Waals surface area contributed by atoms with Crippen LogP contribution in [0.2, 0.25) is 0 Å². The lowest BCUT2D eigenvalue weighted by Gasteiger charge is -2.29. The summed E-state index contributed by atoms with van der Waals surface area (Å²) in [6.45, 7) is 1.75. The van der Waals surface area contributed by atoms with E-state index in [9.17, 15) is 9.59 Å². The van der Waals surface area contributed by atoms with Crippen molar-refractivity contribution in [3.63, 3.8) is 0 Å². The third-order valence-electron chi connectivity index (χ3n) is 5.31. The van der Waals surface area contributed by atoms with Crippen LogP contribution in [0.25, 0.3) is 16.9 Å². The van der Waals surface area contributed by atoms with Crippen molar-refractivity contribution >= 4 is 35.1 Å². The van der Waals surface area contributed by atoms with Crippen LogP contribution in [0.5, 0.6) is 0 Å². The molecule has 1 saturated heterocycles. The van der Waals surface area contributed by atoms with E-state index in [-0.39, 0.29) is 11.6 Å². The van der Waals surface area contributed by atoms with Crippen LogP contribution in [0.15, 0.2) is 59.9 Å². The van der Waals surface area contributed by atoms with Crippen LogP contribution in [0.1, 0.15) is 0 Å². The van der Waals surface area contributed by atoms with Crippen molar-refractivity contribution < 1.29 is 14.3 Å². The molecule has 0 radical (unpaired) electrons. The molecule has 9 heteroatoms. The van der Waals surface area contributed by atoms with Crippen LogP contribution >= 0.6 is 0 Å². The standard InChI is InChI=1S/C23H24N6O3/c1-25-21(18(14-24)23(31)28-9-11-32-12-10-28)22(30)26-17-7-8-29-15-19(27-20(29)13-17)16-5-3-2-4-6-16/h2-8,13-15,18,24H,9-12H2,1H3,(H,26,30). The van der Waals surface area contributed by atoms with Gasteiger partial charge in [-0.3, -0.25) is 14.6 Å². The van der Waals surface area contributed by atoms with Gasteiger partial charge < -0.3 is 24.8 Å². The van der Waals surface area contributed by atoms with Gasteiger partial charge >= 0.3 is 0 Å². The minimum absolute atomic E-state index is 0.00955. The molecule has 2 aromatic heterocycles. The van der Waals surface area contributed by atoms with Crippen LogP contribution in [0, 0.1) is 11.3 Å². The van der Waals surface area contributed by atoms with Crippen molar-refractivity contribution in [3.05, 3.63) is 54.9 Å². The second-order valence-corrected chi connectivity index (χ2v) is 7.32. The number of amides is 2. The number of benzene rings is 1. The number of hydrogen-bond donors (Lipinski definition) is 2. The number of pyridine rings is 1. The van der Waals surface area contributed by atoms with Gasteiger partial charge in [-0.15, -0.1) is 0 Å². The molecule has 0 bridgehead atoms. The molecule has 0 spiro atoms. The first-order valence-electron chi connectivity index (χ1n) is 10.3. The van der Waals surface area contributed by atoms with Crippen molar-refractivity contribution in [1.82, 2.24) is 14.3 Å². The molecule has 0 aliphatic carbocycles. The Labute approximate surface area is 185 Å². The maximum absolute atomic E-state index is 12.9. The van der Waals surface area contributed by atoms with E-state index in [1.54, 1.807) is 23.2 Å². The Morgan fingerprint density at radius 2 is 1.97 bits per heavy atom. The summed E-state index contributed by atoms with van der Waals surface area (Å²) in [6.07, 6.45) is 4.69. The molecule has 32 heavy (non-hydrogen) atoms. The van der Waals surface area contributed by atoms with E-state index >= 15 is 0 Å². The molecule has 1 aliphatic heterocycles. The highest BCUT2D eigenvalue weighted by atomic mass is 16.5. The fourth-order valence-corrected chi connectivity index (χ4v) is 3.63. The van der Waals surface area contributed by atoms with E-state index in [1.165, 1.54) is 7.05 Å². The molecule has 0 saturated carbocycles. The van der Waals surface area contributed by atoms with Crippen LogP contribution in [-0.2, 0) is 14.3 Å². The molecule has 1 atom stereocenters. The number of nitrogens with zero attached hydrogens (tertiary/aromatic N) is 4. The molecule has 1 fully saturated rings. The van der Waals surface area contributed by atoms with E-state index in [1.807, 2.05) is 40.9 Å². The van der Waals surface area contributed by atoms with Crippen LogP contribution in [-0.4, -0.2) is 71.4 Å². The van der Waals surface area contributed by atoms with Crippen molar-refractivity contribution in [2.45, 2.75) is 0 Å². The normalized spacial score (nSPS) is 15.4. The highest BCUT2D eigenvalue weighted by Crippen LogP contribution is 2.20. The monoisotopic (exact) mass is 432 g/mol. The van der Waals surface area contributed by atoms with Crippen LogP contribution in [0.4, 0.5) is 5.69 Å². The van der Waals surface area contributed by atoms with E-state index in [2.05, 4.69) is 15.3 Å². The Kier molecular flexibility index (Phi) is 6.37. The van der Waals surface area contributed by atoms with Gasteiger partial charge in [0, 0.05) is 56.1 Å². The Hall–Kier alpha value is -3.85. The number of nitrogens with one attached hydrogen (secondary N) is 2. The second-order valence-electron chi connectivity index (χ2n) is 7.32. The molecule has 1 aliphatic rings. The van der Waals surface area contributed by atoms with Gasteiger partial charge in [0.2, 0.25) is 5.91 Å². The van der Waals surface area contributed by atoms with Crippen LogP contribution < -0.4 is 5.32 Å². The summed E-state index contributed by atoms with van der Waals surface area (Å²) >= 11 is 0. The first-order valence-corrected chi connectivity index (χ1v) is 10.3. The number of hydrogen-bond acceptors (Lipinski definition) is 6. The van der Waals surface area contributed by atoms with Gasteiger partial charge in [-0.25, -0.2) is 4.98 Å². The van der Waals surface area contributed by atoms with Gasteiger partial charge in [0.25, 0.3) is 5.91 Å². The molecule has 3 aromatic rings. The van der Waals surface area contributed by atoms with E-state index < -0.39 is 11.8 Å². The minimum Gasteiger partial charge on any atom is -0.378 e. The topological polar surface area (TPSA) is 112 Å². The Bertz CT molecular complexity index is 1160. The zero-order valence-electron chi connectivity index (χ0n) is 17.7. The maximum Gasteiger partial charge on any atom is 0.270 e. The second kappa shape index (κ2) is 9.52. The molecule has 9 nitrogen and oxygen atoms in total. The fraction of sp³-hybridized carbons (Fsp3) is 0.261. The maximum atomic E-state index is 12.9. The number of anilines is 1. The lowest BCUT2D eigenvalue weighted by atomic mass is 10.0. The lowest BCUT2D eigenvalue weighted by Crippen LogP contribution is -2.48. The summed E-state index contributed by atoms with van der Waals surface area (Å²) in [6, 6.07) is 13.3. The summed E-state index contributed by atoms with van der Waals surface area (Å²) in [5.74, 6) is -1.89. The van der Waals surface area contributed by atoms with Gasteiger partial charge in [0.05, 0.1) is 18.9 Å². The summed E-state index contributed by atoms with van der Waals surface area (Å²) in [4.78, 5) is 36.0. The summed E-state index contributed by atoms with van der Waals surface area (Å²) < 4.78 is 7.14. The number of morpholine rings is 1. The predicted molar refractivity (Wildman–Crippen MR) is 122 cm³/mol. The highest BCUT2D eigenvalue weighted by molar-refractivity contribution is 6.49. The average molecular weight is 432 g/mol. The van der Waals surface area contributed by atoms with Gasteiger partial charge in [-0.05, 0) is 6.07 Å². The molecule has 2 amide bonds. The number of aliphatic imine (C=N–C) groups is 1. The third-order valence-corrected chi connectivity index (χ3v) is 5.31. The predicted octanol–water partition coefficient (Wildman–Crippen LogP) is 2.14. The van der Waals surface area contributed by atoms with Crippen molar-refractivity contribution in [2.24, 2.45) is 10.9 Å². The molecule has 4 rings (SSSR count).